The van der Waals surface area contributed by atoms with E-state index in [0.717, 1.165) is 6.07 Å². The smallest absolute Gasteiger partial charge is 0.291 e. The zero-order chi connectivity index (χ0) is 13.8. The van der Waals surface area contributed by atoms with E-state index in [-0.39, 0.29) is 22.8 Å². The minimum absolute atomic E-state index is 0.205. The highest BCUT2D eigenvalue weighted by molar-refractivity contribution is 7.91. The maximum atomic E-state index is 11.9. The number of ether oxygens (including phenoxy) is 1. The molecule has 0 bridgehead atoms. The van der Waals surface area contributed by atoms with Gasteiger partial charge >= 0.3 is 0 Å². The Bertz CT molecular complexity index is 565. The van der Waals surface area contributed by atoms with Crippen LogP contribution in [-0.2, 0) is 9.84 Å². The molecule has 0 saturated carbocycles. The molecule has 0 N–H and O–H groups in total. The number of rotatable bonds is 6. The van der Waals surface area contributed by atoms with Crippen LogP contribution in [0.1, 0.15) is 6.42 Å². The van der Waals surface area contributed by atoms with Crippen molar-refractivity contribution in [2.75, 3.05) is 12.9 Å². The first kappa shape index (κ1) is 14.2. The molecule has 0 spiro atoms. The molecule has 0 fully saturated rings. The molecule has 7 heteroatoms. The normalized spacial score (nSPS) is 10.9. The van der Waals surface area contributed by atoms with Gasteiger partial charge in [-0.25, -0.2) is 8.42 Å². The molecule has 0 radical (unpaired) electrons. The van der Waals surface area contributed by atoms with Gasteiger partial charge in [0.2, 0.25) is 0 Å². The Morgan fingerprint density at radius 2 is 2.17 bits per heavy atom. The van der Waals surface area contributed by atoms with Gasteiger partial charge in [0.1, 0.15) is 10.6 Å². The highest BCUT2D eigenvalue weighted by Crippen LogP contribution is 2.29. The van der Waals surface area contributed by atoms with Crippen LogP contribution in [0.3, 0.4) is 0 Å². The van der Waals surface area contributed by atoms with Crippen LogP contribution in [0.4, 0.5) is 5.69 Å². The van der Waals surface area contributed by atoms with Crippen molar-refractivity contribution >= 4 is 15.5 Å². The van der Waals surface area contributed by atoms with Crippen LogP contribution in [0.2, 0.25) is 0 Å². The molecule has 18 heavy (non-hydrogen) atoms. The number of nitrogens with zero attached hydrogens (tertiary/aromatic N) is 1. The predicted octanol–water partition coefficient (Wildman–Crippen LogP) is 1.95. The minimum atomic E-state index is -3.69. The van der Waals surface area contributed by atoms with Gasteiger partial charge in [-0.2, -0.15) is 0 Å². The predicted molar refractivity (Wildman–Crippen MR) is 66.5 cm³/mol. The van der Waals surface area contributed by atoms with E-state index in [1.54, 1.807) is 0 Å². The van der Waals surface area contributed by atoms with E-state index in [1.165, 1.54) is 25.3 Å². The number of benzene rings is 1. The number of nitro groups is 1. The number of hydrogen-bond acceptors (Lipinski definition) is 5. The summed E-state index contributed by atoms with van der Waals surface area (Å²) in [5, 5.41) is 10.9. The molecule has 6 nitrogen and oxygen atoms in total. The second-order valence-corrected chi connectivity index (χ2v) is 5.56. The number of hydrogen-bond donors (Lipinski definition) is 0. The van der Waals surface area contributed by atoms with Gasteiger partial charge < -0.3 is 4.74 Å². The van der Waals surface area contributed by atoms with Crippen molar-refractivity contribution in [2.24, 2.45) is 0 Å². The molecule has 0 aliphatic heterocycles. The summed E-state index contributed by atoms with van der Waals surface area (Å²) >= 11 is 0. The molecule has 0 atom stereocenters. The van der Waals surface area contributed by atoms with Gasteiger partial charge in [-0.3, -0.25) is 10.1 Å². The summed E-state index contributed by atoms with van der Waals surface area (Å²) in [6, 6.07) is 3.67. The van der Waals surface area contributed by atoms with Gasteiger partial charge in [0.25, 0.3) is 5.69 Å². The molecule has 0 heterocycles. The Morgan fingerprint density at radius 1 is 1.50 bits per heavy atom. The average molecular weight is 271 g/mol. The Kier molecular flexibility index (Phi) is 4.43. The first-order valence-corrected chi connectivity index (χ1v) is 6.73. The minimum Gasteiger partial charge on any atom is -0.497 e. The van der Waals surface area contributed by atoms with E-state index in [1.807, 2.05) is 0 Å². The lowest BCUT2D eigenvalue weighted by Gasteiger charge is -2.06. The van der Waals surface area contributed by atoms with Gasteiger partial charge in [0.15, 0.2) is 9.84 Å². The Labute approximate surface area is 105 Å². The SMILES string of the molecule is C=CCCS(=O)(=O)c1ccc(OC)cc1[N+](=O)[O-]. The summed E-state index contributed by atoms with van der Waals surface area (Å²) in [5.74, 6) is 0.0355. The van der Waals surface area contributed by atoms with Crippen molar-refractivity contribution in [3.63, 3.8) is 0 Å². The Morgan fingerprint density at radius 3 is 2.67 bits per heavy atom. The molecule has 1 aromatic carbocycles. The fourth-order valence-electron chi connectivity index (χ4n) is 1.38. The second-order valence-electron chi connectivity index (χ2n) is 3.49. The Hall–Kier alpha value is -1.89. The molecule has 98 valence electrons. The number of allylic oxidation sites excluding steroid dienone is 1. The first-order valence-electron chi connectivity index (χ1n) is 5.08. The zero-order valence-corrected chi connectivity index (χ0v) is 10.6. The second kappa shape index (κ2) is 5.63. The van der Waals surface area contributed by atoms with E-state index in [9.17, 15) is 18.5 Å². The molecule has 1 rings (SSSR count). The number of methoxy groups -OCH3 is 1. The molecular formula is C11H13NO5S. The highest BCUT2D eigenvalue weighted by Gasteiger charge is 2.25. The van der Waals surface area contributed by atoms with Crippen LogP contribution in [0.25, 0.3) is 0 Å². The quantitative estimate of drug-likeness (QED) is 0.448. The summed E-state index contributed by atoms with van der Waals surface area (Å²) in [4.78, 5) is 9.85. The van der Waals surface area contributed by atoms with Crippen LogP contribution in [0.15, 0.2) is 35.7 Å². The van der Waals surface area contributed by atoms with Crippen molar-refractivity contribution in [2.45, 2.75) is 11.3 Å². The van der Waals surface area contributed by atoms with Crippen LogP contribution >= 0.6 is 0 Å². The van der Waals surface area contributed by atoms with Crippen molar-refractivity contribution in [1.82, 2.24) is 0 Å². The molecule has 0 amide bonds. The summed E-state index contributed by atoms with van der Waals surface area (Å²) in [6.45, 7) is 3.42. The lowest BCUT2D eigenvalue weighted by molar-refractivity contribution is -0.387. The third-order valence-corrected chi connectivity index (χ3v) is 4.08. The van der Waals surface area contributed by atoms with E-state index in [4.69, 9.17) is 4.74 Å². The van der Waals surface area contributed by atoms with Crippen LogP contribution < -0.4 is 4.74 Å². The molecule has 1 aromatic rings. The standard InChI is InChI=1S/C11H13NO5S/c1-3-4-7-18(15,16)11-6-5-9(17-2)8-10(11)12(13)14/h3,5-6,8H,1,4,7H2,2H3. The van der Waals surface area contributed by atoms with E-state index in [2.05, 4.69) is 6.58 Å². The summed E-state index contributed by atoms with van der Waals surface area (Å²) in [6.07, 6.45) is 1.69. The van der Waals surface area contributed by atoms with Crippen LogP contribution in [0, 0.1) is 10.1 Å². The van der Waals surface area contributed by atoms with Crippen LogP contribution in [0.5, 0.6) is 5.75 Å². The zero-order valence-electron chi connectivity index (χ0n) is 9.83. The number of nitro benzene ring substituents is 1. The maximum absolute atomic E-state index is 11.9. The average Bonchev–Trinajstić information content (AvgIpc) is 2.35. The van der Waals surface area contributed by atoms with E-state index < -0.39 is 20.4 Å². The van der Waals surface area contributed by atoms with Gasteiger partial charge in [-0.15, -0.1) is 6.58 Å². The fourth-order valence-corrected chi connectivity index (χ4v) is 2.80. The van der Waals surface area contributed by atoms with Crippen molar-refractivity contribution in [1.29, 1.82) is 0 Å². The largest absolute Gasteiger partial charge is 0.497 e. The van der Waals surface area contributed by atoms with Gasteiger partial charge in [0, 0.05) is 0 Å². The van der Waals surface area contributed by atoms with E-state index >= 15 is 0 Å². The third kappa shape index (κ3) is 3.07. The lowest BCUT2D eigenvalue weighted by atomic mass is 10.3. The third-order valence-electron chi connectivity index (χ3n) is 2.29. The highest BCUT2D eigenvalue weighted by atomic mass is 32.2. The molecule has 0 aliphatic carbocycles. The molecule has 0 aromatic heterocycles. The van der Waals surface area contributed by atoms with E-state index in [0.29, 0.717) is 0 Å². The topological polar surface area (TPSA) is 86.5 Å². The molecule has 0 saturated heterocycles. The van der Waals surface area contributed by atoms with Gasteiger partial charge in [-0.1, -0.05) is 6.08 Å². The van der Waals surface area contributed by atoms with Gasteiger partial charge in [0.05, 0.1) is 23.9 Å². The van der Waals surface area contributed by atoms with Crippen molar-refractivity contribution in [3.8, 4) is 5.75 Å². The monoisotopic (exact) mass is 271 g/mol. The maximum Gasteiger partial charge on any atom is 0.291 e. The molecule has 0 aliphatic rings. The molecule has 0 unspecified atom stereocenters. The fraction of sp³-hybridized carbons (Fsp3) is 0.273. The van der Waals surface area contributed by atoms with Crippen LogP contribution in [-0.4, -0.2) is 26.2 Å². The van der Waals surface area contributed by atoms with Crippen molar-refractivity contribution < 1.29 is 18.1 Å². The summed E-state index contributed by atoms with van der Waals surface area (Å²) in [5.41, 5.74) is -0.474. The first-order chi connectivity index (χ1) is 8.42. The summed E-state index contributed by atoms with van der Waals surface area (Å²) < 4.78 is 28.7. The molecular weight excluding hydrogens is 258 g/mol. The van der Waals surface area contributed by atoms with Crippen molar-refractivity contribution in [3.05, 3.63) is 41.0 Å². The summed E-state index contributed by atoms with van der Waals surface area (Å²) in [7, 11) is -2.34. The van der Waals surface area contributed by atoms with Gasteiger partial charge in [-0.05, 0) is 18.6 Å². The number of sulfone groups is 1. The Balaban J connectivity index is 3.31. The lowest BCUT2D eigenvalue weighted by Crippen LogP contribution is -2.09.